The summed E-state index contributed by atoms with van der Waals surface area (Å²) in [6.07, 6.45) is -0.0625. The van der Waals surface area contributed by atoms with Crippen molar-refractivity contribution in [3.63, 3.8) is 0 Å². The standard InChI is InChI=1S/C2H7O3P.C2H4O2/c1-2-6(3,4)5;1-2(3)4/h2H2,1H3,(H2,3,4,5);1H3,(H,3,4). The maximum Gasteiger partial charge on any atom is 0.325 e. The van der Waals surface area contributed by atoms with Gasteiger partial charge in [0.05, 0.1) is 0 Å². The van der Waals surface area contributed by atoms with E-state index in [1.807, 2.05) is 0 Å². The molecule has 3 N–H and O–H groups in total. The highest BCUT2D eigenvalue weighted by atomic mass is 31.2. The maximum absolute atomic E-state index is 9.69. The largest absolute Gasteiger partial charge is 0.481 e. The first-order valence-corrected chi connectivity index (χ1v) is 4.33. The summed E-state index contributed by atoms with van der Waals surface area (Å²) in [5, 5.41) is 7.42. The van der Waals surface area contributed by atoms with Crippen molar-refractivity contribution in [1.29, 1.82) is 0 Å². The van der Waals surface area contributed by atoms with E-state index in [0.717, 1.165) is 6.92 Å². The molecular weight excluding hydrogens is 159 g/mol. The van der Waals surface area contributed by atoms with E-state index in [0.29, 0.717) is 0 Å². The minimum Gasteiger partial charge on any atom is -0.481 e. The third kappa shape index (κ3) is 48.6. The first-order valence-electron chi connectivity index (χ1n) is 2.53. The summed E-state index contributed by atoms with van der Waals surface area (Å²) in [6.45, 7) is 2.53. The molecule has 0 saturated carbocycles. The highest BCUT2D eigenvalue weighted by Crippen LogP contribution is 2.32. The van der Waals surface area contributed by atoms with E-state index in [9.17, 15) is 4.57 Å². The van der Waals surface area contributed by atoms with Crippen molar-refractivity contribution in [1.82, 2.24) is 0 Å². The molecule has 0 aliphatic heterocycles. The van der Waals surface area contributed by atoms with E-state index in [2.05, 4.69) is 0 Å². The van der Waals surface area contributed by atoms with Gasteiger partial charge in [-0.2, -0.15) is 0 Å². The van der Waals surface area contributed by atoms with Crippen LogP contribution in [0.2, 0.25) is 0 Å². The predicted molar refractivity (Wildman–Crippen MR) is 35.9 cm³/mol. The van der Waals surface area contributed by atoms with Crippen LogP contribution in [0, 0.1) is 0 Å². The zero-order chi connectivity index (χ0) is 8.78. The Hall–Kier alpha value is -0.380. The number of hydrogen-bond acceptors (Lipinski definition) is 2. The van der Waals surface area contributed by atoms with Crippen LogP contribution in [0.25, 0.3) is 0 Å². The van der Waals surface area contributed by atoms with Crippen LogP contribution in [-0.2, 0) is 9.36 Å². The second-order valence-corrected chi connectivity index (χ2v) is 3.46. The van der Waals surface area contributed by atoms with Crippen LogP contribution in [0.15, 0.2) is 0 Å². The zero-order valence-corrected chi connectivity index (χ0v) is 6.71. The van der Waals surface area contributed by atoms with Crippen molar-refractivity contribution in [2.24, 2.45) is 0 Å². The predicted octanol–water partition coefficient (Wildman–Crippen LogP) is 0.275. The molecule has 0 rings (SSSR count). The number of carboxylic acid groups (broad SMARTS) is 1. The normalized spacial score (nSPS) is 9.60. The fraction of sp³-hybridized carbons (Fsp3) is 0.750. The lowest BCUT2D eigenvalue weighted by Gasteiger charge is -1.92. The van der Waals surface area contributed by atoms with Crippen LogP contribution in [0.3, 0.4) is 0 Å². The Labute approximate surface area is 58.8 Å². The minimum atomic E-state index is -3.65. The molecule has 10 heavy (non-hydrogen) atoms. The van der Waals surface area contributed by atoms with E-state index < -0.39 is 13.6 Å². The molecule has 0 heterocycles. The molecule has 0 fully saturated rings. The van der Waals surface area contributed by atoms with Gasteiger partial charge in [0.2, 0.25) is 0 Å². The minimum absolute atomic E-state index is 0.0625. The van der Waals surface area contributed by atoms with E-state index in [1.165, 1.54) is 6.92 Å². The van der Waals surface area contributed by atoms with E-state index in [-0.39, 0.29) is 6.16 Å². The van der Waals surface area contributed by atoms with Gasteiger partial charge in [0.1, 0.15) is 0 Å². The number of carboxylic acids is 1. The van der Waals surface area contributed by atoms with Gasteiger partial charge in [-0.15, -0.1) is 0 Å². The third-order valence-corrected chi connectivity index (χ3v) is 1.24. The SMILES string of the molecule is CC(=O)O.CCP(=O)(O)O. The van der Waals surface area contributed by atoms with E-state index >= 15 is 0 Å². The number of rotatable bonds is 1. The van der Waals surface area contributed by atoms with Crippen LogP contribution < -0.4 is 0 Å². The molecule has 0 aliphatic rings. The number of carbonyl (C=O) groups is 1. The Bertz CT molecular complexity index is 133. The van der Waals surface area contributed by atoms with Crippen LogP contribution in [0.5, 0.6) is 0 Å². The van der Waals surface area contributed by atoms with Gasteiger partial charge in [-0.1, -0.05) is 6.92 Å². The second-order valence-electron chi connectivity index (χ2n) is 1.50. The summed E-state index contributed by atoms with van der Waals surface area (Å²) in [4.78, 5) is 24.9. The average molecular weight is 170 g/mol. The summed E-state index contributed by atoms with van der Waals surface area (Å²) >= 11 is 0. The Balaban J connectivity index is 0. The Kier molecular flexibility index (Phi) is 6.66. The van der Waals surface area contributed by atoms with Crippen molar-refractivity contribution >= 4 is 13.6 Å². The Morgan fingerprint density at radius 3 is 1.60 bits per heavy atom. The quantitative estimate of drug-likeness (QED) is 0.491. The molecule has 62 valence electrons. The molecule has 0 aromatic rings. The molecule has 0 aromatic carbocycles. The van der Waals surface area contributed by atoms with E-state index in [1.54, 1.807) is 0 Å². The number of aliphatic carboxylic acids is 1. The monoisotopic (exact) mass is 170 g/mol. The van der Waals surface area contributed by atoms with Crippen LogP contribution >= 0.6 is 7.60 Å². The number of hydrogen-bond donors (Lipinski definition) is 3. The molecule has 0 radical (unpaired) electrons. The zero-order valence-electron chi connectivity index (χ0n) is 5.81. The molecular formula is C4H11O5P. The lowest BCUT2D eigenvalue weighted by molar-refractivity contribution is -0.134. The van der Waals surface area contributed by atoms with Gasteiger partial charge in [-0.25, -0.2) is 0 Å². The second kappa shape index (κ2) is 5.41. The van der Waals surface area contributed by atoms with Crippen LogP contribution in [0.1, 0.15) is 13.8 Å². The van der Waals surface area contributed by atoms with Crippen molar-refractivity contribution in [2.75, 3.05) is 6.16 Å². The molecule has 0 unspecified atom stereocenters. The Morgan fingerprint density at radius 1 is 1.50 bits per heavy atom. The lowest BCUT2D eigenvalue weighted by Crippen LogP contribution is -1.78. The molecule has 0 spiro atoms. The molecule has 0 aromatic heterocycles. The highest BCUT2D eigenvalue weighted by molar-refractivity contribution is 7.51. The summed E-state index contributed by atoms with van der Waals surface area (Å²) in [6, 6.07) is 0. The van der Waals surface area contributed by atoms with Gasteiger partial charge in [0.25, 0.3) is 5.97 Å². The van der Waals surface area contributed by atoms with Crippen LogP contribution in [0.4, 0.5) is 0 Å². The topological polar surface area (TPSA) is 94.8 Å². The fourth-order valence-corrected chi connectivity index (χ4v) is 0. The van der Waals surface area contributed by atoms with Crippen molar-refractivity contribution in [2.45, 2.75) is 13.8 Å². The maximum atomic E-state index is 9.69. The van der Waals surface area contributed by atoms with E-state index in [4.69, 9.17) is 19.7 Å². The van der Waals surface area contributed by atoms with Crippen molar-refractivity contribution in [3.05, 3.63) is 0 Å². The summed E-state index contributed by atoms with van der Waals surface area (Å²) < 4.78 is 9.69. The first-order chi connectivity index (χ1) is 4.29. The highest BCUT2D eigenvalue weighted by Gasteiger charge is 2.05. The molecule has 0 saturated heterocycles. The van der Waals surface area contributed by atoms with Crippen molar-refractivity contribution < 1.29 is 24.3 Å². The van der Waals surface area contributed by atoms with Gasteiger partial charge in [-0.05, 0) is 0 Å². The fourth-order valence-electron chi connectivity index (χ4n) is 0. The lowest BCUT2D eigenvalue weighted by atomic mass is 10.9. The third-order valence-electron chi connectivity index (χ3n) is 0.412. The molecule has 0 amide bonds. The summed E-state index contributed by atoms with van der Waals surface area (Å²) in [5.74, 6) is -0.833. The smallest absolute Gasteiger partial charge is 0.325 e. The molecule has 0 aliphatic carbocycles. The first kappa shape index (κ1) is 12.3. The average Bonchev–Trinajstić information content (AvgIpc) is 1.63. The molecule has 0 atom stereocenters. The van der Waals surface area contributed by atoms with Crippen molar-refractivity contribution in [3.8, 4) is 0 Å². The van der Waals surface area contributed by atoms with Gasteiger partial charge < -0.3 is 14.9 Å². The Morgan fingerprint density at radius 2 is 1.60 bits per heavy atom. The van der Waals surface area contributed by atoms with Crippen LogP contribution in [-0.4, -0.2) is 27.0 Å². The van der Waals surface area contributed by atoms with Gasteiger partial charge >= 0.3 is 7.60 Å². The summed E-state index contributed by atoms with van der Waals surface area (Å²) in [5.41, 5.74) is 0. The molecule has 5 nitrogen and oxygen atoms in total. The molecule has 0 bridgehead atoms. The molecule has 6 heteroatoms. The van der Waals surface area contributed by atoms with Gasteiger partial charge in [0.15, 0.2) is 0 Å². The summed E-state index contributed by atoms with van der Waals surface area (Å²) in [7, 11) is -3.65. The van der Waals surface area contributed by atoms with Gasteiger partial charge in [0, 0.05) is 13.1 Å². The van der Waals surface area contributed by atoms with Gasteiger partial charge in [-0.3, -0.25) is 9.36 Å².